The van der Waals surface area contributed by atoms with Gasteiger partial charge in [0.05, 0.1) is 0 Å². The predicted molar refractivity (Wildman–Crippen MR) is 161 cm³/mol. The van der Waals surface area contributed by atoms with Crippen LogP contribution in [0.2, 0.25) is 0 Å². The monoisotopic (exact) mass is 538 g/mol. The minimum atomic E-state index is -3.93. The Morgan fingerprint density at radius 1 is 0.447 bits per heavy atom. The van der Waals surface area contributed by atoms with Crippen molar-refractivity contribution < 1.29 is 18.1 Å². The first-order valence-electron chi connectivity index (χ1n) is 14.2. The molecule has 0 amide bonds. The second-order valence-corrected chi connectivity index (χ2v) is 11.4. The fraction of sp³-hybridized carbons (Fsp3) is 0.455. The quantitative estimate of drug-likeness (QED) is 0.143. The molecule has 0 saturated carbocycles. The van der Waals surface area contributed by atoms with Crippen molar-refractivity contribution in [2.75, 3.05) is 0 Å². The second-order valence-electron chi connectivity index (χ2n) is 9.99. The van der Waals surface area contributed by atoms with Crippen molar-refractivity contribution in [2.24, 2.45) is 0 Å². The SMILES string of the molecule is CCCCCCCCCCCC.Cc1ccc(OP(=O)(Oc2ccc(C)cc2)Oc2ccc(C)cc2)cc1. The van der Waals surface area contributed by atoms with E-state index < -0.39 is 7.82 Å². The standard InChI is InChI=1S/C21H21O4P.C12H26/c1-16-4-10-19(11-5-16)23-26(22,24-20-12-6-17(2)7-13-20)25-21-14-8-18(3)9-15-21;1-3-5-7-9-11-12-10-8-6-4-2/h4-15H,1-3H3;3-12H2,1-2H3. The summed E-state index contributed by atoms with van der Waals surface area (Å²) in [7, 11) is -3.93. The first-order chi connectivity index (χ1) is 18.3. The topological polar surface area (TPSA) is 44.8 Å². The van der Waals surface area contributed by atoms with Crippen molar-refractivity contribution in [3.05, 3.63) is 89.5 Å². The Kier molecular flexibility index (Phi) is 14.7. The van der Waals surface area contributed by atoms with Gasteiger partial charge in [0.1, 0.15) is 17.2 Å². The lowest BCUT2D eigenvalue weighted by Gasteiger charge is -2.19. The highest BCUT2D eigenvalue weighted by Crippen LogP contribution is 2.49. The summed E-state index contributed by atoms with van der Waals surface area (Å²) in [5.74, 6) is 1.24. The molecule has 0 aliphatic rings. The van der Waals surface area contributed by atoms with Crippen molar-refractivity contribution in [1.29, 1.82) is 0 Å². The lowest BCUT2D eigenvalue weighted by molar-refractivity contribution is 0.298. The highest BCUT2D eigenvalue weighted by Gasteiger charge is 2.33. The zero-order chi connectivity index (χ0) is 27.6. The molecule has 4 nitrogen and oxygen atoms in total. The van der Waals surface area contributed by atoms with Crippen LogP contribution in [0.3, 0.4) is 0 Å². The maximum atomic E-state index is 13.3. The number of phosphoric ester groups is 1. The Morgan fingerprint density at radius 2 is 0.684 bits per heavy atom. The largest absolute Gasteiger partial charge is 0.647 e. The molecule has 0 saturated heterocycles. The van der Waals surface area contributed by atoms with Gasteiger partial charge in [-0.1, -0.05) is 131 Å². The number of rotatable bonds is 15. The smallest absolute Gasteiger partial charge is 0.386 e. The molecule has 0 heterocycles. The molecule has 38 heavy (non-hydrogen) atoms. The zero-order valence-corrected chi connectivity index (χ0v) is 25.0. The Hall–Kier alpha value is -2.71. The van der Waals surface area contributed by atoms with Crippen molar-refractivity contribution in [3.63, 3.8) is 0 Å². The molecule has 5 heteroatoms. The third-order valence-electron chi connectivity index (χ3n) is 6.17. The molecule has 3 rings (SSSR count). The van der Waals surface area contributed by atoms with Gasteiger partial charge in [-0.25, -0.2) is 0 Å². The Balaban J connectivity index is 0.000000358. The van der Waals surface area contributed by atoms with Crippen LogP contribution in [-0.4, -0.2) is 0 Å². The molecule has 0 spiro atoms. The van der Waals surface area contributed by atoms with Crippen LogP contribution < -0.4 is 13.6 Å². The molecule has 0 aliphatic carbocycles. The number of hydrogen-bond donors (Lipinski definition) is 0. The Morgan fingerprint density at radius 3 is 0.921 bits per heavy atom. The Labute approximate surface area is 231 Å². The number of benzene rings is 3. The molecule has 0 N–H and O–H groups in total. The summed E-state index contributed by atoms with van der Waals surface area (Å²) in [6, 6.07) is 21.6. The summed E-state index contributed by atoms with van der Waals surface area (Å²) in [5, 5.41) is 0. The van der Waals surface area contributed by atoms with Gasteiger partial charge in [-0.2, -0.15) is 4.57 Å². The maximum absolute atomic E-state index is 13.3. The molecule has 0 atom stereocenters. The lowest BCUT2D eigenvalue weighted by Crippen LogP contribution is -2.07. The fourth-order valence-corrected chi connectivity index (χ4v) is 5.05. The predicted octanol–water partition coefficient (Wildman–Crippen LogP) is 11.2. The number of unbranched alkanes of at least 4 members (excludes halogenated alkanes) is 9. The number of phosphoric acid groups is 1. The molecule has 0 radical (unpaired) electrons. The van der Waals surface area contributed by atoms with Crippen LogP contribution in [-0.2, 0) is 4.57 Å². The van der Waals surface area contributed by atoms with Crippen molar-refractivity contribution in [2.45, 2.75) is 98.8 Å². The second kappa shape index (κ2) is 17.7. The van der Waals surface area contributed by atoms with E-state index in [-0.39, 0.29) is 0 Å². The van der Waals surface area contributed by atoms with Crippen LogP contribution in [0, 0.1) is 20.8 Å². The summed E-state index contributed by atoms with van der Waals surface area (Å²) in [6.07, 6.45) is 14.4. The number of aryl methyl sites for hydroxylation is 3. The van der Waals surface area contributed by atoms with Gasteiger partial charge in [-0.15, -0.1) is 0 Å². The molecule has 208 valence electrons. The molecule has 3 aromatic carbocycles. The van der Waals surface area contributed by atoms with E-state index in [0.29, 0.717) is 17.2 Å². The van der Waals surface area contributed by atoms with Gasteiger partial charge in [0, 0.05) is 0 Å². The minimum absolute atomic E-state index is 0.415. The average Bonchev–Trinajstić information content (AvgIpc) is 2.90. The highest BCUT2D eigenvalue weighted by molar-refractivity contribution is 7.49. The third-order valence-corrected chi connectivity index (χ3v) is 7.47. The van der Waals surface area contributed by atoms with Crippen LogP contribution in [0.5, 0.6) is 17.2 Å². The van der Waals surface area contributed by atoms with Crippen molar-refractivity contribution in [1.82, 2.24) is 0 Å². The van der Waals surface area contributed by atoms with Crippen molar-refractivity contribution >= 4 is 7.82 Å². The summed E-state index contributed by atoms with van der Waals surface area (Å²) >= 11 is 0. The van der Waals surface area contributed by atoms with E-state index in [0.717, 1.165) is 16.7 Å². The van der Waals surface area contributed by atoms with E-state index in [9.17, 15) is 4.57 Å². The molecular formula is C33H47O4P. The molecule has 0 fully saturated rings. The van der Waals surface area contributed by atoms with Gasteiger partial charge in [0.25, 0.3) is 0 Å². The first-order valence-corrected chi connectivity index (χ1v) is 15.7. The van der Waals surface area contributed by atoms with E-state index in [4.69, 9.17) is 13.6 Å². The molecule has 0 unspecified atom stereocenters. The third kappa shape index (κ3) is 13.2. The summed E-state index contributed by atoms with van der Waals surface area (Å²) in [5.41, 5.74) is 3.23. The van der Waals surface area contributed by atoms with Crippen molar-refractivity contribution in [3.8, 4) is 17.2 Å². The normalized spacial score (nSPS) is 10.9. The van der Waals surface area contributed by atoms with E-state index in [1.807, 2.05) is 57.2 Å². The molecule has 0 aromatic heterocycles. The fourth-order valence-electron chi connectivity index (χ4n) is 3.80. The van der Waals surface area contributed by atoms with E-state index in [2.05, 4.69) is 13.8 Å². The van der Waals surface area contributed by atoms with Crippen LogP contribution in [0.15, 0.2) is 72.8 Å². The van der Waals surface area contributed by atoms with Gasteiger partial charge in [-0.05, 0) is 57.2 Å². The molecular weight excluding hydrogens is 491 g/mol. The first kappa shape index (κ1) is 31.5. The molecule has 3 aromatic rings. The van der Waals surface area contributed by atoms with E-state index in [1.165, 1.54) is 64.2 Å². The van der Waals surface area contributed by atoms with E-state index >= 15 is 0 Å². The van der Waals surface area contributed by atoms with Crippen LogP contribution in [0.25, 0.3) is 0 Å². The van der Waals surface area contributed by atoms with Gasteiger partial charge < -0.3 is 13.6 Å². The number of hydrogen-bond acceptors (Lipinski definition) is 4. The zero-order valence-electron chi connectivity index (χ0n) is 24.1. The minimum Gasteiger partial charge on any atom is -0.386 e. The van der Waals surface area contributed by atoms with Crippen LogP contribution >= 0.6 is 7.82 Å². The van der Waals surface area contributed by atoms with Gasteiger partial charge in [0.2, 0.25) is 0 Å². The maximum Gasteiger partial charge on any atom is 0.647 e. The van der Waals surface area contributed by atoms with Gasteiger partial charge >= 0.3 is 7.82 Å². The highest BCUT2D eigenvalue weighted by atomic mass is 31.2. The lowest BCUT2D eigenvalue weighted by atomic mass is 10.1. The summed E-state index contributed by atoms with van der Waals surface area (Å²) in [6.45, 7) is 10.5. The molecule has 0 bridgehead atoms. The summed E-state index contributed by atoms with van der Waals surface area (Å²) in [4.78, 5) is 0. The van der Waals surface area contributed by atoms with Crippen LogP contribution in [0.4, 0.5) is 0 Å². The molecule has 0 aliphatic heterocycles. The van der Waals surface area contributed by atoms with E-state index in [1.54, 1.807) is 36.4 Å². The average molecular weight is 539 g/mol. The summed E-state index contributed by atoms with van der Waals surface area (Å²) < 4.78 is 30.2. The Bertz CT molecular complexity index is 927. The van der Waals surface area contributed by atoms with Crippen LogP contribution in [0.1, 0.15) is 94.7 Å². The van der Waals surface area contributed by atoms with Gasteiger partial charge in [-0.3, -0.25) is 0 Å². The van der Waals surface area contributed by atoms with Gasteiger partial charge in [0.15, 0.2) is 0 Å².